The van der Waals surface area contributed by atoms with Gasteiger partial charge < -0.3 is 14.8 Å². The Morgan fingerprint density at radius 3 is 2.50 bits per heavy atom. The van der Waals surface area contributed by atoms with Crippen LogP contribution in [0, 0.1) is 6.92 Å². The topological polar surface area (TPSA) is 93.7 Å². The molecule has 2 N–H and O–H groups in total. The molecule has 0 spiro atoms. The number of nitrogens with one attached hydrogen (secondary N) is 2. The van der Waals surface area contributed by atoms with Gasteiger partial charge in [-0.3, -0.25) is 0 Å². The largest absolute Gasteiger partial charge is 0.465 e. The van der Waals surface area contributed by atoms with Crippen LogP contribution in [0.25, 0.3) is 0 Å². The second kappa shape index (κ2) is 8.84. The number of ether oxygens (including phenoxy) is 2. The van der Waals surface area contributed by atoms with Crippen molar-refractivity contribution in [3.8, 4) is 0 Å². The van der Waals surface area contributed by atoms with Crippen molar-refractivity contribution in [3.05, 3.63) is 29.3 Å². The molecule has 0 radical (unpaired) electrons. The summed E-state index contributed by atoms with van der Waals surface area (Å²) in [6, 6.07) is 4.34. The predicted molar refractivity (Wildman–Crippen MR) is 82.5 cm³/mol. The molecular formula is C14H22N2O5S. The molecule has 0 unspecified atom stereocenters. The molecule has 124 valence electrons. The van der Waals surface area contributed by atoms with E-state index in [9.17, 15) is 13.2 Å². The van der Waals surface area contributed by atoms with Crippen LogP contribution in [0.2, 0.25) is 0 Å². The van der Waals surface area contributed by atoms with Gasteiger partial charge in [-0.15, -0.1) is 0 Å². The van der Waals surface area contributed by atoms with E-state index >= 15 is 0 Å². The highest BCUT2D eigenvalue weighted by atomic mass is 32.2. The standard InChI is InChI=1S/C14H22N2O5S/c1-11-10-12(14(17)21-3)4-5-13(11)22(18,19)16-7-6-15-8-9-20-2/h4-5,10,15-16H,6-9H2,1-3H3. The second-order valence-electron chi connectivity index (χ2n) is 4.61. The Balaban J connectivity index is 2.67. The van der Waals surface area contributed by atoms with E-state index in [1.165, 1.54) is 25.3 Å². The predicted octanol–water partition coefficient (Wildman–Crippen LogP) is 0.296. The van der Waals surface area contributed by atoms with Crippen molar-refractivity contribution in [1.82, 2.24) is 10.0 Å². The van der Waals surface area contributed by atoms with Crippen molar-refractivity contribution in [2.45, 2.75) is 11.8 Å². The molecule has 1 aromatic rings. The first-order valence-corrected chi connectivity index (χ1v) is 8.29. The normalized spacial score (nSPS) is 11.4. The highest BCUT2D eigenvalue weighted by molar-refractivity contribution is 7.89. The van der Waals surface area contributed by atoms with Crippen LogP contribution in [-0.2, 0) is 19.5 Å². The van der Waals surface area contributed by atoms with Crippen molar-refractivity contribution in [3.63, 3.8) is 0 Å². The zero-order valence-corrected chi connectivity index (χ0v) is 13.8. The molecular weight excluding hydrogens is 308 g/mol. The van der Waals surface area contributed by atoms with E-state index in [-0.39, 0.29) is 11.4 Å². The van der Waals surface area contributed by atoms with Crippen LogP contribution in [0.3, 0.4) is 0 Å². The Labute approximate surface area is 131 Å². The summed E-state index contributed by atoms with van der Waals surface area (Å²) in [5.41, 5.74) is 0.808. The van der Waals surface area contributed by atoms with E-state index < -0.39 is 16.0 Å². The monoisotopic (exact) mass is 330 g/mol. The number of aryl methyl sites for hydroxylation is 1. The van der Waals surface area contributed by atoms with Crippen LogP contribution >= 0.6 is 0 Å². The van der Waals surface area contributed by atoms with Crippen LogP contribution < -0.4 is 10.0 Å². The third-order valence-corrected chi connectivity index (χ3v) is 4.58. The summed E-state index contributed by atoms with van der Waals surface area (Å²) in [7, 11) is -0.726. The molecule has 8 heteroatoms. The van der Waals surface area contributed by atoms with Gasteiger partial charge in [0.05, 0.1) is 24.2 Å². The first kappa shape index (κ1) is 18.6. The van der Waals surface area contributed by atoms with Crippen molar-refractivity contribution >= 4 is 16.0 Å². The Bertz CT molecular complexity index is 601. The smallest absolute Gasteiger partial charge is 0.337 e. The van der Waals surface area contributed by atoms with Crippen LogP contribution in [-0.4, -0.2) is 54.8 Å². The minimum Gasteiger partial charge on any atom is -0.465 e. The molecule has 1 aromatic carbocycles. The lowest BCUT2D eigenvalue weighted by atomic mass is 10.1. The maximum Gasteiger partial charge on any atom is 0.337 e. The zero-order chi connectivity index (χ0) is 16.6. The van der Waals surface area contributed by atoms with Crippen molar-refractivity contribution in [2.75, 3.05) is 40.5 Å². The molecule has 0 fully saturated rings. The van der Waals surface area contributed by atoms with Crippen molar-refractivity contribution in [2.24, 2.45) is 0 Å². The maximum absolute atomic E-state index is 12.2. The van der Waals surface area contributed by atoms with Gasteiger partial charge in [0.25, 0.3) is 0 Å². The maximum atomic E-state index is 12.2. The average molecular weight is 330 g/mol. The van der Waals surface area contributed by atoms with Gasteiger partial charge in [0, 0.05) is 26.7 Å². The number of hydrogen-bond acceptors (Lipinski definition) is 6. The number of carbonyl (C=O) groups is 1. The second-order valence-corrected chi connectivity index (χ2v) is 6.35. The molecule has 0 saturated heterocycles. The molecule has 0 aliphatic rings. The highest BCUT2D eigenvalue weighted by Gasteiger charge is 2.17. The zero-order valence-electron chi connectivity index (χ0n) is 13.0. The molecule has 0 aliphatic carbocycles. The molecule has 22 heavy (non-hydrogen) atoms. The number of rotatable bonds is 9. The molecule has 0 atom stereocenters. The Hall–Kier alpha value is -1.48. The Morgan fingerprint density at radius 2 is 1.91 bits per heavy atom. The highest BCUT2D eigenvalue weighted by Crippen LogP contribution is 2.17. The number of hydrogen-bond donors (Lipinski definition) is 2. The summed E-state index contributed by atoms with van der Waals surface area (Å²) in [4.78, 5) is 11.6. The SMILES string of the molecule is COCCNCCNS(=O)(=O)c1ccc(C(=O)OC)cc1C. The van der Waals surface area contributed by atoms with Crippen LogP contribution in [0.15, 0.2) is 23.1 Å². The lowest BCUT2D eigenvalue weighted by molar-refractivity contribution is 0.0600. The van der Waals surface area contributed by atoms with Crippen molar-refractivity contribution < 1.29 is 22.7 Å². The van der Waals surface area contributed by atoms with Crippen LogP contribution in [0.1, 0.15) is 15.9 Å². The molecule has 0 bridgehead atoms. The van der Waals surface area contributed by atoms with Gasteiger partial charge >= 0.3 is 5.97 Å². The fraction of sp³-hybridized carbons (Fsp3) is 0.500. The summed E-state index contributed by atoms with van der Waals surface area (Å²) in [6.45, 7) is 3.63. The third-order valence-electron chi connectivity index (χ3n) is 2.96. The van der Waals surface area contributed by atoms with Gasteiger partial charge in [-0.25, -0.2) is 17.9 Å². The molecule has 0 saturated carbocycles. The Kier molecular flexibility index (Phi) is 7.46. The van der Waals surface area contributed by atoms with Crippen LogP contribution in [0.5, 0.6) is 0 Å². The summed E-state index contributed by atoms with van der Waals surface area (Å²) in [5.74, 6) is -0.498. The number of carbonyl (C=O) groups excluding carboxylic acids is 1. The minimum atomic E-state index is -3.61. The lowest BCUT2D eigenvalue weighted by Crippen LogP contribution is -2.33. The summed E-state index contributed by atoms with van der Waals surface area (Å²) < 4.78 is 36.4. The number of esters is 1. The van der Waals surface area contributed by atoms with Gasteiger partial charge in [0.15, 0.2) is 0 Å². The molecule has 0 aliphatic heterocycles. The average Bonchev–Trinajstić information content (AvgIpc) is 2.49. The number of sulfonamides is 1. The van der Waals surface area contributed by atoms with Gasteiger partial charge in [-0.2, -0.15) is 0 Å². The van der Waals surface area contributed by atoms with E-state index in [0.29, 0.717) is 30.8 Å². The van der Waals surface area contributed by atoms with E-state index in [1.807, 2.05) is 0 Å². The van der Waals surface area contributed by atoms with Gasteiger partial charge in [0.2, 0.25) is 10.0 Å². The summed E-state index contributed by atoms with van der Waals surface area (Å²) in [5, 5.41) is 3.04. The first-order valence-electron chi connectivity index (χ1n) is 6.80. The van der Waals surface area contributed by atoms with Gasteiger partial charge in [0.1, 0.15) is 0 Å². The van der Waals surface area contributed by atoms with E-state index in [0.717, 1.165) is 0 Å². The molecule has 0 aromatic heterocycles. The molecule has 1 rings (SSSR count). The fourth-order valence-corrected chi connectivity index (χ4v) is 3.10. The molecule has 7 nitrogen and oxygen atoms in total. The quantitative estimate of drug-likeness (QED) is 0.499. The minimum absolute atomic E-state index is 0.150. The van der Waals surface area contributed by atoms with E-state index in [2.05, 4.69) is 14.8 Å². The van der Waals surface area contributed by atoms with E-state index in [1.54, 1.807) is 14.0 Å². The van der Waals surface area contributed by atoms with Gasteiger partial charge in [-0.1, -0.05) is 0 Å². The van der Waals surface area contributed by atoms with E-state index in [4.69, 9.17) is 4.74 Å². The number of methoxy groups -OCH3 is 2. The van der Waals surface area contributed by atoms with Crippen molar-refractivity contribution in [1.29, 1.82) is 0 Å². The molecule has 0 heterocycles. The molecule has 0 amide bonds. The summed E-state index contributed by atoms with van der Waals surface area (Å²) in [6.07, 6.45) is 0. The van der Waals surface area contributed by atoms with Gasteiger partial charge in [-0.05, 0) is 30.7 Å². The first-order chi connectivity index (χ1) is 10.4. The van der Waals surface area contributed by atoms with Crippen LogP contribution in [0.4, 0.5) is 0 Å². The summed E-state index contributed by atoms with van der Waals surface area (Å²) >= 11 is 0. The fourth-order valence-electron chi connectivity index (χ4n) is 1.85. The number of benzene rings is 1. The lowest BCUT2D eigenvalue weighted by Gasteiger charge is -2.11. The third kappa shape index (κ3) is 5.38. The Morgan fingerprint density at radius 1 is 1.18 bits per heavy atom.